The molecule has 0 aliphatic rings. The maximum absolute atomic E-state index is 3.65. The SMILES string of the molecule is CCCC(C)NCCN(CCC(C)C)CCC(C)C. The Kier molecular flexibility index (Phi) is 11.7. The predicted molar refractivity (Wildman–Crippen MR) is 87.7 cm³/mol. The summed E-state index contributed by atoms with van der Waals surface area (Å²) in [6.45, 7) is 18.7. The van der Waals surface area contributed by atoms with E-state index in [4.69, 9.17) is 0 Å². The Bertz CT molecular complexity index is 178. The van der Waals surface area contributed by atoms with E-state index in [1.165, 1.54) is 45.3 Å². The van der Waals surface area contributed by atoms with Crippen molar-refractivity contribution < 1.29 is 0 Å². The van der Waals surface area contributed by atoms with E-state index in [9.17, 15) is 0 Å². The van der Waals surface area contributed by atoms with Gasteiger partial charge in [-0.1, -0.05) is 41.0 Å². The fourth-order valence-electron chi connectivity index (χ4n) is 2.22. The van der Waals surface area contributed by atoms with Gasteiger partial charge in [0.25, 0.3) is 0 Å². The highest BCUT2D eigenvalue weighted by Gasteiger charge is 2.08. The van der Waals surface area contributed by atoms with E-state index >= 15 is 0 Å². The minimum atomic E-state index is 0.669. The molecule has 116 valence electrons. The molecule has 0 rings (SSSR count). The van der Waals surface area contributed by atoms with Gasteiger partial charge in [-0.2, -0.15) is 0 Å². The van der Waals surface area contributed by atoms with Gasteiger partial charge >= 0.3 is 0 Å². The Balaban J connectivity index is 3.89. The number of hydrogen-bond donors (Lipinski definition) is 1. The molecule has 2 nitrogen and oxygen atoms in total. The van der Waals surface area contributed by atoms with E-state index in [-0.39, 0.29) is 0 Å². The summed E-state index contributed by atoms with van der Waals surface area (Å²) in [5.41, 5.74) is 0. The van der Waals surface area contributed by atoms with Crippen LogP contribution in [0.15, 0.2) is 0 Å². The topological polar surface area (TPSA) is 15.3 Å². The van der Waals surface area contributed by atoms with E-state index < -0.39 is 0 Å². The fraction of sp³-hybridized carbons (Fsp3) is 1.00. The van der Waals surface area contributed by atoms with Crippen LogP contribution in [0.1, 0.15) is 67.2 Å². The quantitative estimate of drug-likeness (QED) is 0.573. The van der Waals surface area contributed by atoms with Crippen molar-refractivity contribution in [1.82, 2.24) is 10.2 Å². The van der Waals surface area contributed by atoms with Crippen LogP contribution in [0.2, 0.25) is 0 Å². The summed E-state index contributed by atoms with van der Waals surface area (Å²) in [4.78, 5) is 2.64. The molecule has 0 saturated carbocycles. The van der Waals surface area contributed by atoms with Gasteiger partial charge in [-0.05, 0) is 51.1 Å². The molecule has 0 heterocycles. The molecule has 0 fully saturated rings. The average molecular weight is 271 g/mol. The third-order valence-electron chi connectivity index (χ3n) is 3.69. The molecular formula is C17H38N2. The Morgan fingerprint density at radius 2 is 1.32 bits per heavy atom. The molecule has 0 amide bonds. The van der Waals surface area contributed by atoms with Crippen LogP contribution in [0, 0.1) is 11.8 Å². The molecule has 1 unspecified atom stereocenters. The van der Waals surface area contributed by atoms with Crippen LogP contribution in [-0.2, 0) is 0 Å². The lowest BCUT2D eigenvalue weighted by Crippen LogP contribution is -2.37. The molecular weight excluding hydrogens is 232 g/mol. The first-order valence-electron chi connectivity index (χ1n) is 8.41. The van der Waals surface area contributed by atoms with Gasteiger partial charge in [-0.25, -0.2) is 0 Å². The second-order valence-electron chi connectivity index (χ2n) is 6.85. The van der Waals surface area contributed by atoms with Crippen LogP contribution in [0.4, 0.5) is 0 Å². The highest BCUT2D eigenvalue weighted by atomic mass is 15.1. The molecule has 0 aromatic heterocycles. The van der Waals surface area contributed by atoms with E-state index in [1.807, 2.05) is 0 Å². The number of nitrogens with one attached hydrogen (secondary N) is 1. The van der Waals surface area contributed by atoms with Gasteiger partial charge in [-0.15, -0.1) is 0 Å². The summed E-state index contributed by atoms with van der Waals surface area (Å²) in [5, 5.41) is 3.65. The monoisotopic (exact) mass is 270 g/mol. The van der Waals surface area contributed by atoms with Gasteiger partial charge in [0.15, 0.2) is 0 Å². The molecule has 0 aromatic carbocycles. The third-order valence-corrected chi connectivity index (χ3v) is 3.69. The van der Waals surface area contributed by atoms with Crippen molar-refractivity contribution in [3.8, 4) is 0 Å². The van der Waals surface area contributed by atoms with Crippen molar-refractivity contribution in [2.24, 2.45) is 11.8 Å². The van der Waals surface area contributed by atoms with Crippen molar-refractivity contribution in [1.29, 1.82) is 0 Å². The highest BCUT2D eigenvalue weighted by molar-refractivity contribution is 4.65. The Hall–Kier alpha value is -0.0800. The molecule has 0 saturated heterocycles. The third kappa shape index (κ3) is 12.7. The van der Waals surface area contributed by atoms with Crippen LogP contribution in [-0.4, -0.2) is 37.1 Å². The van der Waals surface area contributed by atoms with Crippen molar-refractivity contribution in [3.05, 3.63) is 0 Å². The molecule has 1 atom stereocenters. The van der Waals surface area contributed by atoms with E-state index in [0.29, 0.717) is 6.04 Å². The van der Waals surface area contributed by atoms with Gasteiger partial charge in [-0.3, -0.25) is 0 Å². The van der Waals surface area contributed by atoms with Gasteiger partial charge in [0.05, 0.1) is 0 Å². The Morgan fingerprint density at radius 3 is 1.74 bits per heavy atom. The standard InChI is InChI=1S/C17H38N2/c1-7-8-17(6)18-11-14-19(12-9-15(2)3)13-10-16(4)5/h15-18H,7-14H2,1-6H3. The zero-order valence-electron chi connectivity index (χ0n) is 14.3. The molecule has 0 spiro atoms. The molecule has 0 radical (unpaired) electrons. The molecule has 2 heteroatoms. The van der Waals surface area contributed by atoms with Gasteiger partial charge in [0.2, 0.25) is 0 Å². The summed E-state index contributed by atoms with van der Waals surface area (Å²) >= 11 is 0. The van der Waals surface area contributed by atoms with Crippen molar-refractivity contribution in [2.45, 2.75) is 73.3 Å². The number of nitrogens with zero attached hydrogens (tertiary/aromatic N) is 1. The smallest absolute Gasteiger partial charge is 0.0107 e. The van der Waals surface area contributed by atoms with Crippen LogP contribution >= 0.6 is 0 Å². The molecule has 0 aliphatic carbocycles. The number of rotatable bonds is 12. The van der Waals surface area contributed by atoms with Gasteiger partial charge < -0.3 is 10.2 Å². The van der Waals surface area contributed by atoms with E-state index in [0.717, 1.165) is 18.4 Å². The molecule has 0 bridgehead atoms. The zero-order chi connectivity index (χ0) is 14.7. The van der Waals surface area contributed by atoms with Crippen LogP contribution in [0.25, 0.3) is 0 Å². The second kappa shape index (κ2) is 11.7. The van der Waals surface area contributed by atoms with E-state index in [1.54, 1.807) is 0 Å². The highest BCUT2D eigenvalue weighted by Crippen LogP contribution is 2.06. The molecule has 19 heavy (non-hydrogen) atoms. The first-order chi connectivity index (χ1) is 8.95. The maximum atomic E-state index is 3.65. The van der Waals surface area contributed by atoms with Gasteiger partial charge in [0.1, 0.15) is 0 Å². The first-order valence-corrected chi connectivity index (χ1v) is 8.41. The second-order valence-corrected chi connectivity index (χ2v) is 6.85. The predicted octanol–water partition coefficient (Wildman–Crippen LogP) is 4.16. The van der Waals surface area contributed by atoms with Crippen LogP contribution in [0.3, 0.4) is 0 Å². The zero-order valence-corrected chi connectivity index (χ0v) is 14.3. The first kappa shape index (κ1) is 18.9. The van der Waals surface area contributed by atoms with Crippen molar-refractivity contribution in [3.63, 3.8) is 0 Å². The number of hydrogen-bond acceptors (Lipinski definition) is 2. The minimum absolute atomic E-state index is 0.669. The molecule has 0 aromatic rings. The Labute approximate surface area is 122 Å². The van der Waals surface area contributed by atoms with Crippen LogP contribution < -0.4 is 5.32 Å². The summed E-state index contributed by atoms with van der Waals surface area (Å²) in [6.07, 6.45) is 5.21. The summed E-state index contributed by atoms with van der Waals surface area (Å²) in [7, 11) is 0. The lowest BCUT2D eigenvalue weighted by atomic mass is 10.1. The summed E-state index contributed by atoms with van der Waals surface area (Å²) in [6, 6.07) is 0.669. The fourth-order valence-corrected chi connectivity index (χ4v) is 2.22. The largest absolute Gasteiger partial charge is 0.313 e. The summed E-state index contributed by atoms with van der Waals surface area (Å²) in [5.74, 6) is 1.63. The van der Waals surface area contributed by atoms with Crippen molar-refractivity contribution in [2.75, 3.05) is 26.2 Å². The molecule has 1 N–H and O–H groups in total. The van der Waals surface area contributed by atoms with Crippen LogP contribution in [0.5, 0.6) is 0 Å². The molecule has 0 aliphatic heterocycles. The van der Waals surface area contributed by atoms with Gasteiger partial charge in [0, 0.05) is 19.1 Å². The Morgan fingerprint density at radius 1 is 0.789 bits per heavy atom. The lowest BCUT2D eigenvalue weighted by molar-refractivity contribution is 0.240. The van der Waals surface area contributed by atoms with Crippen molar-refractivity contribution >= 4 is 0 Å². The average Bonchev–Trinajstić information content (AvgIpc) is 2.31. The normalized spacial score (nSPS) is 13.7. The summed E-state index contributed by atoms with van der Waals surface area (Å²) < 4.78 is 0. The lowest BCUT2D eigenvalue weighted by Gasteiger charge is -2.25. The van der Waals surface area contributed by atoms with E-state index in [2.05, 4.69) is 51.8 Å². The minimum Gasteiger partial charge on any atom is -0.313 e. The maximum Gasteiger partial charge on any atom is 0.0107 e.